The molecule has 0 saturated carbocycles. The second kappa shape index (κ2) is 4.93. The maximum Gasteiger partial charge on any atom is 0.322 e. The summed E-state index contributed by atoms with van der Waals surface area (Å²) in [5.74, 6) is 0.701. The van der Waals surface area contributed by atoms with Crippen LogP contribution in [-0.2, 0) is 6.61 Å². The average Bonchev–Trinajstić information content (AvgIpc) is 2.32. The molecule has 0 radical (unpaired) electrons. The van der Waals surface area contributed by atoms with Crippen molar-refractivity contribution in [2.24, 2.45) is 0 Å². The van der Waals surface area contributed by atoms with Gasteiger partial charge in [-0.3, -0.25) is 0 Å². The van der Waals surface area contributed by atoms with Crippen LogP contribution in [0.5, 0.6) is 11.8 Å². The Hall–Kier alpha value is -1.94. The van der Waals surface area contributed by atoms with Gasteiger partial charge in [0.25, 0.3) is 0 Å². The Morgan fingerprint density at radius 1 is 1.18 bits per heavy atom. The molecule has 0 fully saturated rings. The minimum Gasteiger partial charge on any atom is -0.424 e. The lowest BCUT2D eigenvalue weighted by atomic mass is 10.2. The number of hydrogen-bond donors (Lipinski definition) is 1. The maximum atomic E-state index is 9.01. The summed E-state index contributed by atoms with van der Waals surface area (Å²) < 4.78 is 5.51. The molecule has 1 N–H and O–H groups in total. The van der Waals surface area contributed by atoms with E-state index >= 15 is 0 Å². The molecule has 0 unspecified atom stereocenters. The number of rotatable bonds is 3. The van der Waals surface area contributed by atoms with Gasteiger partial charge in [0.2, 0.25) is 0 Å². The first kappa shape index (κ1) is 11.5. The monoisotopic (exact) mass is 230 g/mol. The van der Waals surface area contributed by atoms with E-state index in [1.165, 1.54) is 5.56 Å². The van der Waals surface area contributed by atoms with E-state index in [-0.39, 0.29) is 6.61 Å². The molecule has 2 aromatic rings. The Morgan fingerprint density at radius 2 is 1.88 bits per heavy atom. The molecule has 0 aliphatic heterocycles. The Kier molecular flexibility index (Phi) is 3.35. The first-order chi connectivity index (χ1) is 8.19. The van der Waals surface area contributed by atoms with E-state index in [1.54, 1.807) is 6.20 Å². The van der Waals surface area contributed by atoms with Crippen LogP contribution in [0.25, 0.3) is 0 Å². The first-order valence-corrected chi connectivity index (χ1v) is 5.37. The molecule has 17 heavy (non-hydrogen) atoms. The van der Waals surface area contributed by atoms with Gasteiger partial charge in [-0.15, -0.1) is 0 Å². The van der Waals surface area contributed by atoms with Gasteiger partial charge in [-0.1, -0.05) is 17.7 Å². The highest BCUT2D eigenvalue weighted by Crippen LogP contribution is 2.18. The zero-order valence-electron chi connectivity index (χ0n) is 9.84. The molecule has 0 atom stereocenters. The summed E-state index contributed by atoms with van der Waals surface area (Å²) in [6, 6.07) is 7.96. The second-order valence-electron chi connectivity index (χ2n) is 3.84. The van der Waals surface area contributed by atoms with Crippen LogP contribution in [0.1, 0.15) is 16.8 Å². The third-order valence-corrected chi connectivity index (χ3v) is 2.46. The summed E-state index contributed by atoms with van der Waals surface area (Å²) in [5.41, 5.74) is 2.61. The van der Waals surface area contributed by atoms with Gasteiger partial charge in [-0.05, 0) is 26.0 Å². The predicted octanol–water partition coefficient (Wildman–Crippen LogP) is 2.38. The predicted molar refractivity (Wildman–Crippen MR) is 63.9 cm³/mol. The number of ether oxygens (including phenoxy) is 1. The van der Waals surface area contributed by atoms with Crippen molar-refractivity contribution in [3.8, 4) is 11.8 Å². The molecule has 2 rings (SSSR count). The second-order valence-corrected chi connectivity index (χ2v) is 3.84. The zero-order chi connectivity index (χ0) is 12.3. The third-order valence-electron chi connectivity index (χ3n) is 2.46. The van der Waals surface area contributed by atoms with Crippen molar-refractivity contribution in [2.45, 2.75) is 20.5 Å². The Bertz CT molecular complexity index is 509. The molecule has 0 amide bonds. The summed E-state index contributed by atoms with van der Waals surface area (Å²) in [7, 11) is 0. The standard InChI is InChI=1S/C13H14N2O2/c1-9-3-5-12(6-4-9)17-13-14-7-11(8-16)10(2)15-13/h3-7,16H,8H2,1-2H3. The number of nitrogens with zero attached hydrogens (tertiary/aromatic N) is 2. The molecule has 4 nitrogen and oxygen atoms in total. The van der Waals surface area contributed by atoms with Gasteiger partial charge in [-0.2, -0.15) is 4.98 Å². The SMILES string of the molecule is Cc1ccc(Oc2ncc(CO)c(C)n2)cc1. The number of aliphatic hydroxyl groups excluding tert-OH is 1. The molecule has 0 spiro atoms. The first-order valence-electron chi connectivity index (χ1n) is 5.37. The van der Waals surface area contributed by atoms with Gasteiger partial charge in [0.1, 0.15) is 5.75 Å². The van der Waals surface area contributed by atoms with E-state index in [0.717, 1.165) is 5.69 Å². The van der Waals surface area contributed by atoms with Crippen LogP contribution in [0.2, 0.25) is 0 Å². The summed E-state index contributed by atoms with van der Waals surface area (Å²) in [6.45, 7) is 3.77. The van der Waals surface area contributed by atoms with Crippen LogP contribution in [0, 0.1) is 13.8 Å². The van der Waals surface area contributed by atoms with Crippen molar-refractivity contribution in [3.05, 3.63) is 47.3 Å². The molecule has 0 bridgehead atoms. The van der Waals surface area contributed by atoms with Crippen LogP contribution in [-0.4, -0.2) is 15.1 Å². The smallest absolute Gasteiger partial charge is 0.322 e. The normalized spacial score (nSPS) is 10.3. The minimum atomic E-state index is -0.0589. The van der Waals surface area contributed by atoms with Crippen LogP contribution in [0.4, 0.5) is 0 Å². The zero-order valence-corrected chi connectivity index (χ0v) is 9.84. The molecule has 1 heterocycles. The minimum absolute atomic E-state index is 0.0589. The Morgan fingerprint density at radius 3 is 2.47 bits per heavy atom. The lowest BCUT2D eigenvalue weighted by molar-refractivity contribution is 0.279. The van der Waals surface area contributed by atoms with Gasteiger partial charge in [0.05, 0.1) is 12.3 Å². The fourth-order valence-electron chi connectivity index (χ4n) is 1.39. The van der Waals surface area contributed by atoms with Crippen LogP contribution >= 0.6 is 0 Å². The molecule has 1 aromatic carbocycles. The van der Waals surface area contributed by atoms with E-state index < -0.39 is 0 Å². The fraction of sp³-hybridized carbons (Fsp3) is 0.231. The molecule has 0 saturated heterocycles. The van der Waals surface area contributed by atoms with E-state index in [2.05, 4.69) is 9.97 Å². The molecule has 0 aliphatic rings. The molecule has 1 aromatic heterocycles. The molecular weight excluding hydrogens is 216 g/mol. The van der Waals surface area contributed by atoms with Crippen molar-refractivity contribution < 1.29 is 9.84 Å². The van der Waals surface area contributed by atoms with Gasteiger partial charge < -0.3 is 9.84 Å². The van der Waals surface area contributed by atoms with E-state index in [0.29, 0.717) is 17.3 Å². The third kappa shape index (κ3) is 2.79. The molecular formula is C13H14N2O2. The summed E-state index contributed by atoms with van der Waals surface area (Å²) >= 11 is 0. The summed E-state index contributed by atoms with van der Waals surface area (Å²) in [5, 5.41) is 9.01. The highest BCUT2D eigenvalue weighted by molar-refractivity contribution is 5.29. The van der Waals surface area contributed by atoms with E-state index in [1.807, 2.05) is 38.1 Å². The highest BCUT2D eigenvalue weighted by atomic mass is 16.5. The van der Waals surface area contributed by atoms with Gasteiger partial charge in [-0.25, -0.2) is 4.98 Å². The molecule has 4 heteroatoms. The lowest BCUT2D eigenvalue weighted by Crippen LogP contribution is -1.98. The van der Waals surface area contributed by atoms with Crippen molar-refractivity contribution in [3.63, 3.8) is 0 Å². The molecule has 0 aliphatic carbocycles. The van der Waals surface area contributed by atoms with Crippen molar-refractivity contribution in [1.29, 1.82) is 0 Å². The number of aromatic nitrogens is 2. The van der Waals surface area contributed by atoms with E-state index in [9.17, 15) is 0 Å². The summed E-state index contributed by atoms with van der Waals surface area (Å²) in [4.78, 5) is 8.20. The fourth-order valence-corrected chi connectivity index (χ4v) is 1.39. The summed E-state index contributed by atoms with van der Waals surface area (Å²) in [6.07, 6.45) is 1.58. The van der Waals surface area contributed by atoms with Gasteiger partial charge in [0, 0.05) is 11.8 Å². The van der Waals surface area contributed by atoms with Crippen LogP contribution in [0.15, 0.2) is 30.5 Å². The Labute approximate surface area is 99.9 Å². The van der Waals surface area contributed by atoms with Gasteiger partial charge >= 0.3 is 6.01 Å². The number of aliphatic hydroxyl groups is 1. The highest BCUT2D eigenvalue weighted by Gasteiger charge is 2.04. The average molecular weight is 230 g/mol. The Balaban J connectivity index is 2.19. The van der Waals surface area contributed by atoms with Crippen LogP contribution in [0.3, 0.4) is 0 Å². The van der Waals surface area contributed by atoms with Crippen molar-refractivity contribution in [2.75, 3.05) is 0 Å². The largest absolute Gasteiger partial charge is 0.424 e. The lowest BCUT2D eigenvalue weighted by Gasteiger charge is -2.06. The quantitative estimate of drug-likeness (QED) is 0.879. The van der Waals surface area contributed by atoms with Gasteiger partial charge in [0.15, 0.2) is 0 Å². The van der Waals surface area contributed by atoms with Crippen LogP contribution < -0.4 is 4.74 Å². The van der Waals surface area contributed by atoms with Crippen molar-refractivity contribution >= 4 is 0 Å². The number of benzene rings is 1. The maximum absolute atomic E-state index is 9.01. The van der Waals surface area contributed by atoms with Crippen molar-refractivity contribution in [1.82, 2.24) is 9.97 Å². The van der Waals surface area contributed by atoms with E-state index in [4.69, 9.17) is 9.84 Å². The topological polar surface area (TPSA) is 55.2 Å². The molecule has 88 valence electrons. The number of hydrogen-bond acceptors (Lipinski definition) is 4. The number of aryl methyl sites for hydroxylation is 2.